The minimum absolute atomic E-state index is 0.0625. The van der Waals surface area contributed by atoms with E-state index in [1.54, 1.807) is 11.9 Å². The number of hydrogen-bond acceptors (Lipinski definition) is 9. The number of nitrogens with one attached hydrogen (secondary N) is 2. The van der Waals surface area contributed by atoms with Crippen molar-refractivity contribution in [3.63, 3.8) is 0 Å². The van der Waals surface area contributed by atoms with Crippen molar-refractivity contribution in [3.05, 3.63) is 83.2 Å². The first-order valence-electron chi connectivity index (χ1n) is 14.3. The number of benzene rings is 2. The minimum Gasteiger partial charge on any atom is -0.394 e. The van der Waals surface area contributed by atoms with E-state index in [1.165, 1.54) is 67.7 Å². The van der Waals surface area contributed by atoms with Crippen LogP contribution in [-0.2, 0) is 20.9 Å². The quantitative estimate of drug-likeness (QED) is 0.276. The van der Waals surface area contributed by atoms with Crippen LogP contribution in [0.15, 0.2) is 65.8 Å². The largest absolute Gasteiger partial charge is 0.416 e. The summed E-state index contributed by atoms with van der Waals surface area (Å²) in [6.07, 6.45) is -1.43. The Bertz CT molecular complexity index is 1610. The highest BCUT2D eigenvalue weighted by Crippen LogP contribution is 2.35. The molecule has 1 aromatic heterocycles. The van der Waals surface area contributed by atoms with E-state index in [9.17, 15) is 36.3 Å². The van der Waals surface area contributed by atoms with Crippen LogP contribution in [0.1, 0.15) is 58.8 Å². The van der Waals surface area contributed by atoms with Crippen LogP contribution in [0.3, 0.4) is 0 Å². The summed E-state index contributed by atoms with van der Waals surface area (Å²) in [5.41, 5.74) is 2.77. The van der Waals surface area contributed by atoms with Gasteiger partial charge in [-0.3, -0.25) is 9.63 Å². The Morgan fingerprint density at radius 1 is 1.09 bits per heavy atom. The molecule has 3 aromatic rings. The normalized spacial score (nSPS) is 17.7. The van der Waals surface area contributed by atoms with Crippen molar-refractivity contribution in [2.75, 3.05) is 38.0 Å². The number of hydrogen-bond donors (Lipinski definition) is 3. The van der Waals surface area contributed by atoms with E-state index >= 15 is 0 Å². The highest BCUT2D eigenvalue weighted by Gasteiger charge is 2.36. The zero-order valence-corrected chi connectivity index (χ0v) is 26.2. The lowest BCUT2D eigenvalue weighted by atomic mass is 9.88. The van der Waals surface area contributed by atoms with Gasteiger partial charge in [-0.1, -0.05) is 31.2 Å². The van der Waals surface area contributed by atoms with Gasteiger partial charge in [0, 0.05) is 31.9 Å². The number of anilines is 1. The van der Waals surface area contributed by atoms with Crippen LogP contribution in [-0.4, -0.2) is 79.6 Å². The van der Waals surface area contributed by atoms with E-state index in [1.807, 2.05) is 0 Å². The van der Waals surface area contributed by atoms with Crippen molar-refractivity contribution in [2.24, 2.45) is 0 Å². The summed E-state index contributed by atoms with van der Waals surface area (Å²) in [5.74, 6) is -0.674. The summed E-state index contributed by atoms with van der Waals surface area (Å²) in [5, 5.41) is 12.6. The number of amides is 3. The zero-order chi connectivity index (χ0) is 33.6. The molecule has 248 valence electrons. The van der Waals surface area contributed by atoms with E-state index in [2.05, 4.69) is 20.8 Å². The van der Waals surface area contributed by atoms with Crippen LogP contribution < -0.4 is 15.7 Å². The lowest BCUT2D eigenvalue weighted by Gasteiger charge is -2.43. The average Bonchev–Trinajstić information content (AvgIpc) is 3.06. The standard InChI is InChI=1S/C30H35F3N6O6S/c1-4-46(43,44)24-12-7-20(8-13-24)25(18-40)36-27(41)22-15-34-28(35-16-22)39-17-21(9-14-26(39)38(2)29(42)37-45-3)19-5-10-23(11-6-19)30(31,32)33/h5-8,10-13,15-16,21,25-26,40H,4,9,14,17-18H2,1-3H3,(H,36,41)(H,37,42)/t21?,25-,26+/m0/s1. The summed E-state index contributed by atoms with van der Waals surface area (Å²) in [7, 11) is -0.556. The predicted octanol–water partition coefficient (Wildman–Crippen LogP) is 3.67. The third kappa shape index (κ3) is 7.92. The average molecular weight is 665 g/mol. The Hall–Kier alpha value is -4.28. The summed E-state index contributed by atoms with van der Waals surface area (Å²) in [4.78, 5) is 42.4. The second kappa shape index (κ2) is 14.4. The fourth-order valence-electron chi connectivity index (χ4n) is 5.22. The predicted molar refractivity (Wildman–Crippen MR) is 161 cm³/mol. The maximum atomic E-state index is 13.1. The van der Waals surface area contributed by atoms with Gasteiger partial charge in [0.15, 0.2) is 9.84 Å². The highest BCUT2D eigenvalue weighted by molar-refractivity contribution is 7.91. The van der Waals surface area contributed by atoms with Gasteiger partial charge in [0.2, 0.25) is 5.95 Å². The summed E-state index contributed by atoms with van der Waals surface area (Å²) in [6, 6.07) is 9.45. The third-order valence-corrected chi connectivity index (χ3v) is 9.63. The number of carbonyl (C=O) groups is 2. The topological polar surface area (TPSA) is 154 Å². The summed E-state index contributed by atoms with van der Waals surface area (Å²) >= 11 is 0. The number of piperidine rings is 1. The number of sulfone groups is 1. The number of carbonyl (C=O) groups excluding carboxylic acids is 2. The molecule has 1 aliphatic rings. The second-order valence-electron chi connectivity index (χ2n) is 10.7. The third-order valence-electron chi connectivity index (χ3n) is 7.88. The molecule has 3 N–H and O–H groups in total. The Morgan fingerprint density at radius 2 is 1.72 bits per heavy atom. The number of halogens is 3. The Labute approximate surface area is 264 Å². The van der Waals surface area contributed by atoms with Gasteiger partial charge in [-0.05, 0) is 48.2 Å². The lowest BCUT2D eigenvalue weighted by molar-refractivity contribution is -0.137. The Kier molecular flexibility index (Phi) is 10.9. The first-order valence-corrected chi connectivity index (χ1v) is 16.0. The van der Waals surface area contributed by atoms with E-state index in [0.717, 1.165) is 12.1 Å². The van der Waals surface area contributed by atoms with Crippen LogP contribution in [0.25, 0.3) is 0 Å². The second-order valence-corrected chi connectivity index (χ2v) is 13.0. The molecule has 12 nitrogen and oxygen atoms in total. The fourth-order valence-corrected chi connectivity index (χ4v) is 6.11. The van der Waals surface area contributed by atoms with Crippen LogP contribution in [0.4, 0.5) is 23.9 Å². The zero-order valence-electron chi connectivity index (χ0n) is 25.4. The molecule has 1 saturated heterocycles. The van der Waals surface area contributed by atoms with Gasteiger partial charge in [-0.25, -0.2) is 28.7 Å². The first-order chi connectivity index (χ1) is 21.8. The number of aliphatic hydroxyl groups is 1. The van der Waals surface area contributed by atoms with E-state index < -0.39 is 52.3 Å². The molecular weight excluding hydrogens is 629 g/mol. The number of hydroxylamine groups is 1. The molecule has 3 amide bonds. The van der Waals surface area contributed by atoms with Gasteiger partial charge in [-0.15, -0.1) is 0 Å². The number of alkyl halides is 3. The van der Waals surface area contributed by atoms with Crippen LogP contribution in [0.2, 0.25) is 0 Å². The molecule has 4 rings (SSSR count). The molecule has 0 saturated carbocycles. The number of aliphatic hydroxyl groups excluding tert-OH is 1. The van der Waals surface area contributed by atoms with E-state index in [4.69, 9.17) is 4.84 Å². The van der Waals surface area contributed by atoms with Crippen molar-refractivity contribution in [3.8, 4) is 0 Å². The summed E-state index contributed by atoms with van der Waals surface area (Å²) in [6.45, 7) is 1.34. The molecule has 46 heavy (non-hydrogen) atoms. The van der Waals surface area contributed by atoms with Crippen molar-refractivity contribution in [2.45, 2.75) is 49.0 Å². The van der Waals surface area contributed by atoms with E-state index in [-0.39, 0.29) is 34.6 Å². The van der Waals surface area contributed by atoms with Gasteiger partial charge in [-0.2, -0.15) is 13.2 Å². The Balaban J connectivity index is 1.54. The van der Waals surface area contributed by atoms with Gasteiger partial charge in [0.1, 0.15) is 6.17 Å². The molecule has 1 unspecified atom stereocenters. The van der Waals surface area contributed by atoms with Crippen molar-refractivity contribution in [1.82, 2.24) is 25.7 Å². The molecule has 0 bridgehead atoms. The Morgan fingerprint density at radius 3 is 2.26 bits per heavy atom. The van der Waals surface area contributed by atoms with Gasteiger partial charge in [0.05, 0.1) is 41.5 Å². The van der Waals surface area contributed by atoms with Crippen LogP contribution in [0, 0.1) is 0 Å². The lowest BCUT2D eigenvalue weighted by Crippen LogP contribution is -2.55. The fraction of sp³-hybridized carbons (Fsp3) is 0.400. The first kappa shape index (κ1) is 34.6. The van der Waals surface area contributed by atoms with Crippen molar-refractivity contribution in [1.29, 1.82) is 0 Å². The minimum atomic E-state index is -4.46. The molecule has 1 fully saturated rings. The van der Waals surface area contributed by atoms with Crippen LogP contribution in [0.5, 0.6) is 0 Å². The maximum absolute atomic E-state index is 13.1. The number of urea groups is 1. The molecule has 3 atom stereocenters. The molecule has 0 aliphatic carbocycles. The smallest absolute Gasteiger partial charge is 0.394 e. The highest BCUT2D eigenvalue weighted by atomic mass is 32.2. The number of rotatable bonds is 10. The summed E-state index contributed by atoms with van der Waals surface area (Å²) < 4.78 is 63.6. The van der Waals surface area contributed by atoms with Gasteiger partial charge < -0.3 is 20.2 Å². The van der Waals surface area contributed by atoms with Gasteiger partial charge >= 0.3 is 12.2 Å². The number of aromatic nitrogens is 2. The molecule has 2 aromatic carbocycles. The molecule has 1 aliphatic heterocycles. The monoisotopic (exact) mass is 664 g/mol. The molecule has 0 spiro atoms. The number of nitrogens with zero attached hydrogens (tertiary/aromatic N) is 4. The molecule has 2 heterocycles. The van der Waals surface area contributed by atoms with E-state index in [0.29, 0.717) is 24.0 Å². The SMILES string of the molecule is CCS(=O)(=O)c1ccc([C@H](CO)NC(=O)c2cnc(N3CC(c4ccc(C(F)(F)F)cc4)CC[C@@H]3N(C)C(=O)NOC)nc2)cc1. The molecule has 0 radical (unpaired) electrons. The molecular formula is C30H35F3N6O6S. The van der Waals surface area contributed by atoms with Crippen molar-refractivity contribution < 1.29 is 41.1 Å². The van der Waals surface area contributed by atoms with Crippen molar-refractivity contribution >= 4 is 27.7 Å². The van der Waals surface area contributed by atoms with Gasteiger partial charge in [0.25, 0.3) is 5.91 Å². The van der Waals surface area contributed by atoms with Crippen LogP contribution >= 0.6 is 0 Å². The maximum Gasteiger partial charge on any atom is 0.416 e. The molecule has 16 heteroatoms.